The lowest BCUT2D eigenvalue weighted by molar-refractivity contribution is -0.117. The lowest BCUT2D eigenvalue weighted by Gasteiger charge is -2.34. The maximum Gasteiger partial charge on any atom is 0.253 e. The predicted octanol–water partition coefficient (Wildman–Crippen LogP) is 1.91. The number of amides is 2. The second-order valence-electron chi connectivity index (χ2n) is 7.86. The van der Waals surface area contributed by atoms with Crippen molar-refractivity contribution in [3.05, 3.63) is 48.3 Å². The average Bonchev–Trinajstić information content (AvgIpc) is 3.28. The summed E-state index contributed by atoms with van der Waals surface area (Å²) < 4.78 is 0. The van der Waals surface area contributed by atoms with Crippen LogP contribution in [0.1, 0.15) is 36.0 Å². The minimum absolute atomic E-state index is 0.111. The quantitative estimate of drug-likeness (QED) is 0.759. The lowest BCUT2D eigenvalue weighted by Crippen LogP contribution is -2.49. The first-order valence-corrected chi connectivity index (χ1v) is 10.6. The zero-order valence-electron chi connectivity index (χ0n) is 17.1. The zero-order valence-corrected chi connectivity index (χ0v) is 17.1. The van der Waals surface area contributed by atoms with Gasteiger partial charge in [-0.2, -0.15) is 0 Å². The van der Waals surface area contributed by atoms with Crippen molar-refractivity contribution in [3.63, 3.8) is 0 Å². The minimum Gasteiger partial charge on any atom is -0.349 e. The molecule has 8 heteroatoms. The van der Waals surface area contributed by atoms with Gasteiger partial charge in [-0.3, -0.25) is 14.5 Å². The van der Waals surface area contributed by atoms with Crippen molar-refractivity contribution in [3.8, 4) is 0 Å². The molecule has 1 aliphatic carbocycles. The van der Waals surface area contributed by atoms with Gasteiger partial charge in [0.2, 0.25) is 11.9 Å². The van der Waals surface area contributed by atoms with Gasteiger partial charge in [-0.1, -0.05) is 25.0 Å². The molecule has 1 aromatic carbocycles. The van der Waals surface area contributed by atoms with Crippen molar-refractivity contribution >= 4 is 23.5 Å². The molecular formula is C22H28N6O2. The Bertz CT molecular complexity index is 861. The first-order valence-electron chi connectivity index (χ1n) is 10.6. The van der Waals surface area contributed by atoms with E-state index in [1.807, 2.05) is 12.1 Å². The van der Waals surface area contributed by atoms with Gasteiger partial charge < -0.3 is 15.5 Å². The molecular weight excluding hydrogens is 380 g/mol. The Morgan fingerprint density at radius 2 is 1.67 bits per heavy atom. The average molecular weight is 409 g/mol. The van der Waals surface area contributed by atoms with E-state index in [0.717, 1.165) is 57.8 Å². The molecule has 0 unspecified atom stereocenters. The largest absolute Gasteiger partial charge is 0.349 e. The summed E-state index contributed by atoms with van der Waals surface area (Å²) in [6.45, 7) is 3.36. The Morgan fingerprint density at radius 3 is 2.40 bits per heavy atom. The number of nitrogens with zero attached hydrogens (tertiary/aromatic N) is 4. The highest BCUT2D eigenvalue weighted by Crippen LogP contribution is 2.20. The van der Waals surface area contributed by atoms with Crippen LogP contribution in [0.3, 0.4) is 0 Å². The van der Waals surface area contributed by atoms with Crippen LogP contribution in [-0.2, 0) is 4.79 Å². The number of carbonyl (C=O) groups excluding carboxylic acids is 2. The number of hydrogen-bond donors (Lipinski definition) is 2. The van der Waals surface area contributed by atoms with E-state index in [4.69, 9.17) is 0 Å². The molecule has 2 heterocycles. The molecule has 0 bridgehead atoms. The smallest absolute Gasteiger partial charge is 0.253 e. The van der Waals surface area contributed by atoms with Crippen LogP contribution < -0.4 is 15.5 Å². The van der Waals surface area contributed by atoms with Crippen molar-refractivity contribution in [2.24, 2.45) is 0 Å². The van der Waals surface area contributed by atoms with Crippen LogP contribution in [0, 0.1) is 0 Å². The van der Waals surface area contributed by atoms with Gasteiger partial charge in [0.1, 0.15) is 0 Å². The first kappa shape index (κ1) is 20.3. The molecule has 1 aromatic heterocycles. The maximum atomic E-state index is 12.7. The Morgan fingerprint density at radius 1 is 0.967 bits per heavy atom. The number of benzene rings is 1. The highest BCUT2D eigenvalue weighted by atomic mass is 16.2. The molecule has 0 atom stereocenters. The number of nitrogens with one attached hydrogen (secondary N) is 2. The van der Waals surface area contributed by atoms with Gasteiger partial charge in [0.05, 0.1) is 17.8 Å². The number of piperazine rings is 1. The Labute approximate surface area is 176 Å². The van der Waals surface area contributed by atoms with E-state index in [2.05, 4.69) is 30.4 Å². The van der Waals surface area contributed by atoms with E-state index in [1.54, 1.807) is 30.6 Å². The maximum absolute atomic E-state index is 12.7. The van der Waals surface area contributed by atoms with Gasteiger partial charge in [0, 0.05) is 44.6 Å². The molecule has 1 saturated heterocycles. The predicted molar refractivity (Wildman–Crippen MR) is 115 cm³/mol. The van der Waals surface area contributed by atoms with E-state index < -0.39 is 0 Å². The molecule has 2 fully saturated rings. The SMILES string of the molecule is O=C(CN1CCN(c2ncccn2)CC1)Nc1ccccc1C(=O)NC1CCCC1. The van der Waals surface area contributed by atoms with Crippen molar-refractivity contribution in [1.29, 1.82) is 0 Å². The van der Waals surface area contributed by atoms with Crippen LogP contribution in [0.2, 0.25) is 0 Å². The fraction of sp³-hybridized carbons (Fsp3) is 0.455. The minimum atomic E-state index is -0.116. The third-order valence-electron chi connectivity index (χ3n) is 5.71. The van der Waals surface area contributed by atoms with Crippen LogP contribution in [0.25, 0.3) is 0 Å². The van der Waals surface area contributed by atoms with Crippen LogP contribution in [0.15, 0.2) is 42.7 Å². The number of anilines is 2. The third-order valence-corrected chi connectivity index (χ3v) is 5.71. The van der Waals surface area contributed by atoms with Crippen LogP contribution in [-0.4, -0.2) is 65.4 Å². The Hall–Kier alpha value is -3.00. The van der Waals surface area contributed by atoms with E-state index in [9.17, 15) is 9.59 Å². The third kappa shape index (κ3) is 5.13. The van der Waals surface area contributed by atoms with Crippen molar-refractivity contribution in [2.75, 3.05) is 42.9 Å². The summed E-state index contributed by atoms with van der Waals surface area (Å²) in [4.78, 5) is 38.1. The topological polar surface area (TPSA) is 90.5 Å². The van der Waals surface area contributed by atoms with E-state index >= 15 is 0 Å². The van der Waals surface area contributed by atoms with Crippen LogP contribution >= 0.6 is 0 Å². The number of hydrogen-bond acceptors (Lipinski definition) is 6. The molecule has 4 rings (SSSR count). The number of aromatic nitrogens is 2. The summed E-state index contributed by atoms with van der Waals surface area (Å²) in [6.07, 6.45) is 7.85. The molecule has 2 N–H and O–H groups in total. The molecule has 2 amide bonds. The zero-order chi connectivity index (χ0) is 20.8. The Kier molecular flexibility index (Phi) is 6.53. The molecule has 8 nitrogen and oxygen atoms in total. The fourth-order valence-corrected chi connectivity index (χ4v) is 4.08. The summed E-state index contributed by atoms with van der Waals surface area (Å²) in [5.74, 6) is 0.499. The number of para-hydroxylation sites is 1. The van der Waals surface area contributed by atoms with Gasteiger partial charge in [0.25, 0.3) is 5.91 Å². The molecule has 2 aliphatic rings. The van der Waals surface area contributed by atoms with Crippen molar-refractivity contribution in [1.82, 2.24) is 20.2 Å². The molecule has 158 valence electrons. The summed E-state index contributed by atoms with van der Waals surface area (Å²) in [7, 11) is 0. The number of rotatable bonds is 6. The molecule has 0 spiro atoms. The summed E-state index contributed by atoms with van der Waals surface area (Å²) in [5, 5.41) is 6.02. The van der Waals surface area contributed by atoms with E-state index in [0.29, 0.717) is 17.8 Å². The first-order chi connectivity index (χ1) is 14.7. The van der Waals surface area contributed by atoms with Crippen molar-refractivity contribution in [2.45, 2.75) is 31.7 Å². The van der Waals surface area contributed by atoms with Crippen molar-refractivity contribution < 1.29 is 9.59 Å². The summed E-state index contributed by atoms with van der Waals surface area (Å²) in [6, 6.07) is 9.25. The molecule has 2 aromatic rings. The fourth-order valence-electron chi connectivity index (χ4n) is 4.08. The Balaban J connectivity index is 1.30. The molecule has 0 radical (unpaired) electrons. The van der Waals surface area contributed by atoms with E-state index in [1.165, 1.54) is 0 Å². The highest BCUT2D eigenvalue weighted by molar-refractivity contribution is 6.04. The molecule has 1 saturated carbocycles. The normalized spacial score (nSPS) is 17.7. The summed E-state index contributed by atoms with van der Waals surface area (Å²) in [5.41, 5.74) is 1.08. The van der Waals surface area contributed by atoms with Crippen LogP contribution in [0.4, 0.5) is 11.6 Å². The monoisotopic (exact) mass is 408 g/mol. The second kappa shape index (κ2) is 9.67. The standard InChI is InChI=1S/C22H28N6O2/c29-20(16-27-12-14-28(15-13-27)22-23-10-5-11-24-22)26-19-9-4-3-8-18(19)21(30)25-17-6-1-2-7-17/h3-5,8-11,17H,1-2,6-7,12-16H2,(H,25,30)(H,26,29). The van der Waals surface area contributed by atoms with Gasteiger partial charge in [-0.15, -0.1) is 0 Å². The van der Waals surface area contributed by atoms with Gasteiger partial charge in [-0.05, 0) is 31.0 Å². The van der Waals surface area contributed by atoms with Gasteiger partial charge in [-0.25, -0.2) is 9.97 Å². The number of carbonyl (C=O) groups is 2. The second-order valence-corrected chi connectivity index (χ2v) is 7.86. The lowest BCUT2D eigenvalue weighted by atomic mass is 10.1. The molecule has 30 heavy (non-hydrogen) atoms. The highest BCUT2D eigenvalue weighted by Gasteiger charge is 2.22. The molecule has 1 aliphatic heterocycles. The van der Waals surface area contributed by atoms with Gasteiger partial charge in [0.15, 0.2) is 0 Å². The summed E-state index contributed by atoms with van der Waals surface area (Å²) >= 11 is 0. The van der Waals surface area contributed by atoms with E-state index in [-0.39, 0.29) is 17.9 Å². The van der Waals surface area contributed by atoms with Crippen LogP contribution in [0.5, 0.6) is 0 Å². The van der Waals surface area contributed by atoms with Gasteiger partial charge >= 0.3 is 0 Å².